The molecule has 1 aliphatic rings. The van der Waals surface area contributed by atoms with Gasteiger partial charge in [-0.15, -0.1) is 0 Å². The zero-order chi connectivity index (χ0) is 18.8. The second kappa shape index (κ2) is 8.02. The van der Waals surface area contributed by atoms with Crippen LogP contribution < -0.4 is 0 Å². The minimum atomic E-state index is -3.34. The number of benzene rings is 1. The molecule has 0 bridgehead atoms. The largest absolute Gasteiger partial charge is 0.295 e. The number of rotatable bonds is 6. The smallest absolute Gasteiger partial charge is 0.235 e. The molecule has 1 aromatic carbocycles. The van der Waals surface area contributed by atoms with Crippen molar-refractivity contribution in [1.29, 1.82) is 0 Å². The molecule has 5 heteroatoms. The minimum Gasteiger partial charge on any atom is -0.295 e. The second-order valence-electron chi connectivity index (χ2n) is 7.65. The third-order valence-corrected chi connectivity index (χ3v) is 6.54. The van der Waals surface area contributed by atoms with Crippen molar-refractivity contribution in [3.05, 3.63) is 40.3 Å². The van der Waals surface area contributed by atoms with Gasteiger partial charge in [-0.25, -0.2) is 12.7 Å². The van der Waals surface area contributed by atoms with Gasteiger partial charge >= 0.3 is 0 Å². The van der Waals surface area contributed by atoms with Crippen LogP contribution in [0.15, 0.2) is 23.6 Å². The average Bonchev–Trinajstić information content (AvgIpc) is 2.52. The van der Waals surface area contributed by atoms with Crippen LogP contribution in [-0.4, -0.2) is 49.8 Å². The lowest BCUT2D eigenvalue weighted by molar-refractivity contribution is 0.102. The van der Waals surface area contributed by atoms with Gasteiger partial charge < -0.3 is 0 Å². The molecular formula is C20H32N2O2S. The second-order valence-corrected chi connectivity index (χ2v) is 9.68. The third-order valence-electron chi connectivity index (χ3n) is 5.04. The fourth-order valence-corrected chi connectivity index (χ4v) is 4.49. The van der Waals surface area contributed by atoms with Crippen molar-refractivity contribution in [1.82, 2.24) is 9.21 Å². The Morgan fingerprint density at radius 3 is 2.32 bits per heavy atom. The summed E-state index contributed by atoms with van der Waals surface area (Å²) in [4.78, 5) is 2.58. The van der Waals surface area contributed by atoms with E-state index in [1.54, 1.807) is 20.2 Å². The first kappa shape index (κ1) is 20.1. The molecule has 0 radical (unpaired) electrons. The van der Waals surface area contributed by atoms with Crippen LogP contribution in [0.2, 0.25) is 0 Å². The van der Waals surface area contributed by atoms with Crippen molar-refractivity contribution in [3.8, 4) is 0 Å². The quantitative estimate of drug-likeness (QED) is 0.775. The highest BCUT2D eigenvalue weighted by molar-refractivity contribution is 7.92. The Balaban J connectivity index is 2.33. The maximum atomic E-state index is 12.1. The molecule has 140 valence electrons. The zero-order valence-electron chi connectivity index (χ0n) is 16.4. The molecule has 0 N–H and O–H groups in total. The van der Waals surface area contributed by atoms with Crippen LogP contribution in [0, 0.1) is 0 Å². The lowest BCUT2D eigenvalue weighted by Crippen LogP contribution is -2.47. The maximum Gasteiger partial charge on any atom is 0.235 e. The highest BCUT2D eigenvalue weighted by atomic mass is 32.2. The van der Waals surface area contributed by atoms with Gasteiger partial charge in [-0.05, 0) is 69.7 Å². The van der Waals surface area contributed by atoms with E-state index in [1.165, 1.54) is 20.8 Å². The molecule has 0 amide bonds. The minimum absolute atomic E-state index is 0.503. The Labute approximate surface area is 153 Å². The Morgan fingerprint density at radius 2 is 1.76 bits per heavy atom. The molecule has 25 heavy (non-hydrogen) atoms. The first-order valence-corrected chi connectivity index (χ1v) is 10.6. The maximum absolute atomic E-state index is 12.1. The van der Waals surface area contributed by atoms with Gasteiger partial charge in [0.25, 0.3) is 0 Å². The van der Waals surface area contributed by atoms with E-state index < -0.39 is 10.0 Å². The number of aryl methyl sites for hydroxylation is 1. The summed E-state index contributed by atoms with van der Waals surface area (Å²) < 4.78 is 25.3. The molecule has 0 heterocycles. The lowest BCUT2D eigenvalue weighted by atomic mass is 9.84. The third kappa shape index (κ3) is 4.72. The average molecular weight is 365 g/mol. The van der Waals surface area contributed by atoms with E-state index in [2.05, 4.69) is 38.7 Å². The molecule has 0 aliphatic heterocycles. The van der Waals surface area contributed by atoms with Crippen LogP contribution >= 0.6 is 0 Å². The molecule has 0 fully saturated rings. The summed E-state index contributed by atoms with van der Waals surface area (Å²) in [6.45, 7) is 9.02. The molecule has 0 spiro atoms. The summed E-state index contributed by atoms with van der Waals surface area (Å²) in [5.41, 5.74) is 3.68. The van der Waals surface area contributed by atoms with Crippen molar-refractivity contribution < 1.29 is 8.42 Å². The number of hydrogen-bond acceptors (Lipinski definition) is 3. The van der Waals surface area contributed by atoms with Crippen molar-refractivity contribution in [2.75, 3.05) is 14.1 Å². The first-order valence-electron chi connectivity index (χ1n) is 9.12. The van der Waals surface area contributed by atoms with Crippen LogP contribution in [0.1, 0.15) is 50.8 Å². The summed E-state index contributed by atoms with van der Waals surface area (Å²) >= 11 is 0. The molecular weight excluding hydrogens is 332 g/mol. The van der Waals surface area contributed by atoms with Crippen molar-refractivity contribution in [2.24, 2.45) is 0 Å². The number of sulfonamides is 1. The Morgan fingerprint density at radius 1 is 1.12 bits per heavy atom. The summed E-state index contributed by atoms with van der Waals surface area (Å²) in [6.07, 6.45) is 4.95. The first-order chi connectivity index (χ1) is 11.6. The molecule has 1 aromatic rings. The van der Waals surface area contributed by atoms with Gasteiger partial charge in [-0.2, -0.15) is 0 Å². The van der Waals surface area contributed by atoms with E-state index in [0.29, 0.717) is 18.1 Å². The molecule has 0 saturated heterocycles. The fraction of sp³-hybridized carbons (Fsp3) is 0.600. The Hall–Kier alpha value is -1.17. The van der Waals surface area contributed by atoms with E-state index in [9.17, 15) is 8.42 Å². The number of nitrogens with zero attached hydrogens (tertiary/aromatic N) is 2. The predicted molar refractivity (Wildman–Crippen MR) is 106 cm³/mol. The molecule has 1 aliphatic carbocycles. The normalized spacial score (nSPS) is 18.7. The van der Waals surface area contributed by atoms with E-state index in [4.69, 9.17) is 0 Å². The molecule has 4 nitrogen and oxygen atoms in total. The van der Waals surface area contributed by atoms with Gasteiger partial charge in [0.15, 0.2) is 0 Å². The van der Waals surface area contributed by atoms with Gasteiger partial charge in [0.2, 0.25) is 10.0 Å². The van der Waals surface area contributed by atoms with Crippen LogP contribution in [0.4, 0.5) is 0 Å². The van der Waals surface area contributed by atoms with Crippen LogP contribution in [-0.2, 0) is 22.9 Å². The van der Waals surface area contributed by atoms with Crippen LogP contribution in [0.5, 0.6) is 0 Å². The SMILES string of the molecule is CC(C)N(C(C)C)C1CCc2cccc(C=CS(=O)(=O)N(C)C)c2C1. The molecule has 1 atom stereocenters. The van der Waals surface area contributed by atoms with Crippen molar-refractivity contribution in [2.45, 2.75) is 65.1 Å². The van der Waals surface area contributed by atoms with Crippen molar-refractivity contribution in [3.63, 3.8) is 0 Å². The van der Waals surface area contributed by atoms with Crippen LogP contribution in [0.25, 0.3) is 6.08 Å². The summed E-state index contributed by atoms with van der Waals surface area (Å²) in [6, 6.07) is 7.75. The zero-order valence-corrected chi connectivity index (χ0v) is 17.2. The Bertz CT molecular complexity index is 713. The standard InChI is InChI=1S/C20H32N2O2S/c1-15(2)22(16(3)4)19-11-10-17-8-7-9-18(20(17)14-19)12-13-25(23,24)21(5)6/h7-9,12-13,15-16,19H,10-11,14H2,1-6H3. The van der Waals surface area contributed by atoms with E-state index >= 15 is 0 Å². The monoisotopic (exact) mass is 364 g/mol. The highest BCUT2D eigenvalue weighted by Gasteiger charge is 2.28. The number of fused-ring (bicyclic) bond motifs is 1. The van der Waals surface area contributed by atoms with Gasteiger partial charge in [-0.1, -0.05) is 18.2 Å². The van der Waals surface area contributed by atoms with Gasteiger partial charge in [0.1, 0.15) is 0 Å². The number of hydrogen-bond donors (Lipinski definition) is 0. The topological polar surface area (TPSA) is 40.6 Å². The molecule has 0 saturated carbocycles. The van der Waals surface area contributed by atoms with Gasteiger partial charge in [0.05, 0.1) is 0 Å². The van der Waals surface area contributed by atoms with Crippen LogP contribution in [0.3, 0.4) is 0 Å². The molecule has 2 rings (SSSR count). The van der Waals surface area contributed by atoms with Gasteiger partial charge in [-0.3, -0.25) is 4.90 Å². The highest BCUT2D eigenvalue weighted by Crippen LogP contribution is 2.30. The summed E-state index contributed by atoms with van der Waals surface area (Å²) in [7, 11) is -0.228. The summed E-state index contributed by atoms with van der Waals surface area (Å²) in [5.74, 6) is 0. The van der Waals surface area contributed by atoms with E-state index in [0.717, 1.165) is 24.8 Å². The summed E-state index contributed by atoms with van der Waals surface area (Å²) in [5, 5.41) is 1.31. The van der Waals surface area contributed by atoms with Gasteiger partial charge in [0, 0.05) is 37.6 Å². The van der Waals surface area contributed by atoms with E-state index in [1.807, 2.05) is 12.1 Å². The molecule has 1 unspecified atom stereocenters. The van der Waals surface area contributed by atoms with Crippen molar-refractivity contribution >= 4 is 16.1 Å². The fourth-order valence-electron chi connectivity index (χ4n) is 3.93. The molecule has 0 aromatic heterocycles. The lowest BCUT2D eigenvalue weighted by Gasteiger charge is -2.41. The Kier molecular flexibility index (Phi) is 6.46. The van der Waals surface area contributed by atoms with E-state index in [-0.39, 0.29) is 0 Å². The predicted octanol–water partition coefficient (Wildman–Crippen LogP) is 3.52.